The van der Waals surface area contributed by atoms with Gasteiger partial charge in [0.25, 0.3) is 0 Å². The summed E-state index contributed by atoms with van der Waals surface area (Å²) in [6, 6.07) is 1.97. The molecule has 0 spiro atoms. The van der Waals surface area contributed by atoms with Crippen molar-refractivity contribution in [2.24, 2.45) is 0 Å². The van der Waals surface area contributed by atoms with Crippen LogP contribution >= 0.6 is 15.9 Å². The third kappa shape index (κ3) is 2.18. The van der Waals surface area contributed by atoms with Crippen molar-refractivity contribution in [1.29, 1.82) is 0 Å². The molecule has 0 atom stereocenters. The zero-order valence-electron chi connectivity index (χ0n) is 10.1. The quantitative estimate of drug-likeness (QED) is 0.806. The molecule has 0 saturated carbocycles. The minimum atomic E-state index is 0.737. The Balaban J connectivity index is 2.14. The SMILES string of the molecule is Cc1nc(N2CCOCC2)c2ncc(Br)cc2n1. The molecule has 1 fully saturated rings. The number of fused-ring (bicyclic) bond motifs is 1. The molecule has 5 nitrogen and oxygen atoms in total. The van der Waals surface area contributed by atoms with Crippen molar-refractivity contribution in [2.75, 3.05) is 31.2 Å². The number of pyridine rings is 1. The number of hydrogen-bond acceptors (Lipinski definition) is 5. The molecule has 18 heavy (non-hydrogen) atoms. The van der Waals surface area contributed by atoms with Crippen molar-refractivity contribution in [3.05, 3.63) is 22.6 Å². The highest BCUT2D eigenvalue weighted by atomic mass is 79.9. The molecule has 1 aliphatic heterocycles. The first-order valence-corrected chi connectivity index (χ1v) is 6.66. The summed E-state index contributed by atoms with van der Waals surface area (Å²) in [7, 11) is 0. The van der Waals surface area contributed by atoms with Gasteiger partial charge in [-0.15, -0.1) is 0 Å². The molecule has 94 valence electrons. The lowest BCUT2D eigenvalue weighted by Crippen LogP contribution is -2.37. The maximum absolute atomic E-state index is 5.37. The molecule has 0 aliphatic carbocycles. The normalized spacial score (nSPS) is 16.2. The first-order valence-electron chi connectivity index (χ1n) is 5.86. The number of morpholine rings is 1. The largest absolute Gasteiger partial charge is 0.378 e. The van der Waals surface area contributed by atoms with Crippen LogP contribution in [0.4, 0.5) is 5.82 Å². The topological polar surface area (TPSA) is 51.1 Å². The second-order valence-electron chi connectivity index (χ2n) is 4.22. The summed E-state index contributed by atoms with van der Waals surface area (Å²) in [5, 5.41) is 0. The lowest BCUT2D eigenvalue weighted by Gasteiger charge is -2.28. The number of halogens is 1. The first kappa shape index (κ1) is 11.8. The number of rotatable bonds is 1. The minimum absolute atomic E-state index is 0.737. The van der Waals surface area contributed by atoms with Gasteiger partial charge in [-0.3, -0.25) is 0 Å². The van der Waals surface area contributed by atoms with E-state index >= 15 is 0 Å². The summed E-state index contributed by atoms with van der Waals surface area (Å²) < 4.78 is 6.30. The van der Waals surface area contributed by atoms with Gasteiger partial charge in [-0.05, 0) is 28.9 Å². The maximum Gasteiger partial charge on any atom is 0.159 e. The number of anilines is 1. The van der Waals surface area contributed by atoms with E-state index in [-0.39, 0.29) is 0 Å². The highest BCUT2D eigenvalue weighted by molar-refractivity contribution is 9.10. The van der Waals surface area contributed by atoms with Crippen LogP contribution in [0.3, 0.4) is 0 Å². The fraction of sp³-hybridized carbons (Fsp3) is 0.417. The van der Waals surface area contributed by atoms with Crippen molar-refractivity contribution in [3.63, 3.8) is 0 Å². The standard InChI is InChI=1S/C12H13BrN4O/c1-8-15-10-6-9(13)7-14-11(10)12(16-8)17-2-4-18-5-3-17/h6-7H,2-5H2,1H3. The molecule has 3 rings (SSSR count). The van der Waals surface area contributed by atoms with E-state index in [0.717, 1.165) is 53.5 Å². The van der Waals surface area contributed by atoms with E-state index in [4.69, 9.17) is 4.74 Å². The van der Waals surface area contributed by atoms with Gasteiger partial charge in [-0.25, -0.2) is 15.0 Å². The van der Waals surface area contributed by atoms with Crippen molar-refractivity contribution >= 4 is 32.8 Å². The molecule has 1 aliphatic rings. The Hall–Kier alpha value is -1.27. The van der Waals surface area contributed by atoms with Gasteiger partial charge < -0.3 is 9.64 Å². The van der Waals surface area contributed by atoms with Crippen LogP contribution in [0.15, 0.2) is 16.7 Å². The van der Waals surface area contributed by atoms with E-state index in [2.05, 4.69) is 35.8 Å². The number of nitrogens with zero attached hydrogens (tertiary/aromatic N) is 4. The molecule has 6 heteroatoms. The van der Waals surface area contributed by atoms with E-state index < -0.39 is 0 Å². The van der Waals surface area contributed by atoms with Gasteiger partial charge in [0, 0.05) is 23.8 Å². The third-order valence-electron chi connectivity index (χ3n) is 2.91. The van der Waals surface area contributed by atoms with Crippen LogP contribution in [0.25, 0.3) is 11.0 Å². The van der Waals surface area contributed by atoms with Crippen molar-refractivity contribution in [1.82, 2.24) is 15.0 Å². The van der Waals surface area contributed by atoms with Crippen LogP contribution < -0.4 is 4.90 Å². The highest BCUT2D eigenvalue weighted by Crippen LogP contribution is 2.24. The average molecular weight is 309 g/mol. The van der Waals surface area contributed by atoms with E-state index in [1.54, 1.807) is 6.20 Å². The fourth-order valence-corrected chi connectivity index (χ4v) is 2.41. The van der Waals surface area contributed by atoms with Gasteiger partial charge in [0.2, 0.25) is 0 Å². The predicted octanol–water partition coefficient (Wildman–Crippen LogP) is 1.93. The molecule has 3 heterocycles. The second-order valence-corrected chi connectivity index (χ2v) is 5.13. The Labute approximate surface area is 113 Å². The van der Waals surface area contributed by atoms with E-state index in [1.807, 2.05) is 13.0 Å². The molecule has 0 aromatic carbocycles. The molecule has 0 unspecified atom stereocenters. The summed E-state index contributed by atoms with van der Waals surface area (Å²) in [5.74, 6) is 1.68. The van der Waals surface area contributed by atoms with Crippen LogP contribution in [0, 0.1) is 6.92 Å². The van der Waals surface area contributed by atoms with Crippen LogP contribution in [0.1, 0.15) is 5.82 Å². The third-order valence-corrected chi connectivity index (χ3v) is 3.34. The number of ether oxygens (including phenoxy) is 1. The number of hydrogen-bond donors (Lipinski definition) is 0. The highest BCUT2D eigenvalue weighted by Gasteiger charge is 2.17. The summed E-state index contributed by atoms with van der Waals surface area (Å²) in [4.78, 5) is 15.6. The zero-order valence-corrected chi connectivity index (χ0v) is 11.6. The lowest BCUT2D eigenvalue weighted by molar-refractivity contribution is 0.122. The van der Waals surface area contributed by atoms with Crippen LogP contribution in [0.2, 0.25) is 0 Å². The summed E-state index contributed by atoms with van der Waals surface area (Å²) in [6.07, 6.45) is 1.78. The van der Waals surface area contributed by atoms with Gasteiger partial charge in [0.1, 0.15) is 11.3 Å². The van der Waals surface area contributed by atoms with Gasteiger partial charge in [0.05, 0.1) is 18.7 Å². The smallest absolute Gasteiger partial charge is 0.159 e. The molecule has 2 aromatic rings. The number of aryl methyl sites for hydroxylation is 1. The molecule has 0 radical (unpaired) electrons. The Morgan fingerprint density at radius 3 is 2.83 bits per heavy atom. The molecule has 0 bridgehead atoms. The monoisotopic (exact) mass is 308 g/mol. The van der Waals surface area contributed by atoms with Crippen molar-refractivity contribution in [2.45, 2.75) is 6.92 Å². The van der Waals surface area contributed by atoms with Crippen LogP contribution in [-0.4, -0.2) is 41.3 Å². The molecular formula is C12H13BrN4O. The minimum Gasteiger partial charge on any atom is -0.378 e. The van der Waals surface area contributed by atoms with Crippen molar-refractivity contribution < 1.29 is 4.74 Å². The Bertz CT molecular complexity index is 578. The van der Waals surface area contributed by atoms with Crippen molar-refractivity contribution in [3.8, 4) is 0 Å². The molecule has 2 aromatic heterocycles. The summed E-state index contributed by atoms with van der Waals surface area (Å²) in [6.45, 7) is 5.08. The predicted molar refractivity (Wildman–Crippen MR) is 72.8 cm³/mol. The second kappa shape index (κ2) is 4.78. The fourth-order valence-electron chi connectivity index (χ4n) is 2.09. The van der Waals surface area contributed by atoms with E-state index in [0.29, 0.717) is 0 Å². The molecule has 0 amide bonds. The van der Waals surface area contributed by atoms with Crippen LogP contribution in [0.5, 0.6) is 0 Å². The van der Waals surface area contributed by atoms with Crippen LogP contribution in [-0.2, 0) is 4.74 Å². The van der Waals surface area contributed by atoms with E-state index in [1.165, 1.54) is 0 Å². The lowest BCUT2D eigenvalue weighted by atomic mass is 10.3. The number of aromatic nitrogens is 3. The summed E-state index contributed by atoms with van der Waals surface area (Å²) in [5.41, 5.74) is 1.73. The Kier molecular flexibility index (Phi) is 3.13. The van der Waals surface area contributed by atoms with Gasteiger partial charge in [-0.2, -0.15) is 0 Å². The van der Waals surface area contributed by atoms with Gasteiger partial charge >= 0.3 is 0 Å². The Morgan fingerprint density at radius 1 is 1.28 bits per heavy atom. The van der Waals surface area contributed by atoms with Gasteiger partial charge in [-0.1, -0.05) is 0 Å². The average Bonchev–Trinajstić information content (AvgIpc) is 2.38. The van der Waals surface area contributed by atoms with Gasteiger partial charge in [0.15, 0.2) is 5.82 Å². The summed E-state index contributed by atoms with van der Waals surface area (Å²) >= 11 is 3.42. The van der Waals surface area contributed by atoms with E-state index in [9.17, 15) is 0 Å². The maximum atomic E-state index is 5.37. The molecule has 1 saturated heterocycles. The molecule has 0 N–H and O–H groups in total. The Morgan fingerprint density at radius 2 is 2.06 bits per heavy atom. The zero-order chi connectivity index (χ0) is 12.5. The first-order chi connectivity index (χ1) is 8.74. The molecular weight excluding hydrogens is 296 g/mol.